The molecule has 0 aromatic heterocycles. The van der Waals surface area contributed by atoms with Gasteiger partial charge in [0.05, 0.1) is 11.3 Å². The quantitative estimate of drug-likeness (QED) is 0.913. The minimum absolute atomic E-state index is 0.679. The fourth-order valence-electron chi connectivity index (χ4n) is 2.80. The topological polar surface area (TPSA) is 39.1 Å². The Morgan fingerprint density at radius 2 is 1.76 bits per heavy atom. The van der Waals surface area contributed by atoms with Crippen LogP contribution in [0.5, 0.6) is 0 Å². The van der Waals surface area contributed by atoms with E-state index in [1.165, 1.54) is 18.5 Å². The number of anilines is 3. The first-order valence-corrected chi connectivity index (χ1v) is 7.40. The molecule has 0 saturated carbocycles. The van der Waals surface area contributed by atoms with Crippen LogP contribution in [0.2, 0.25) is 0 Å². The third kappa shape index (κ3) is 2.85. The van der Waals surface area contributed by atoms with E-state index in [1.807, 2.05) is 25.1 Å². The van der Waals surface area contributed by atoms with Crippen LogP contribution in [0.15, 0.2) is 42.5 Å². The lowest BCUT2D eigenvalue weighted by molar-refractivity contribution is 0.949. The molecule has 2 aromatic rings. The van der Waals surface area contributed by atoms with Crippen molar-refractivity contribution in [3.05, 3.63) is 53.6 Å². The predicted octanol–water partition coefficient (Wildman–Crippen LogP) is 4.21. The molecular formula is C18H19N3. The zero-order valence-corrected chi connectivity index (χ0v) is 12.3. The number of hydrogen-bond acceptors (Lipinski definition) is 3. The average molecular weight is 277 g/mol. The monoisotopic (exact) mass is 277 g/mol. The molecule has 1 fully saturated rings. The lowest BCUT2D eigenvalue weighted by Crippen LogP contribution is -2.17. The molecule has 106 valence electrons. The highest BCUT2D eigenvalue weighted by molar-refractivity contribution is 5.70. The van der Waals surface area contributed by atoms with Gasteiger partial charge in [-0.2, -0.15) is 5.26 Å². The van der Waals surface area contributed by atoms with E-state index in [-0.39, 0.29) is 0 Å². The molecule has 0 bridgehead atoms. The van der Waals surface area contributed by atoms with Gasteiger partial charge in [-0.3, -0.25) is 0 Å². The van der Waals surface area contributed by atoms with Crippen molar-refractivity contribution in [2.75, 3.05) is 23.3 Å². The molecule has 0 aliphatic carbocycles. The highest BCUT2D eigenvalue weighted by Gasteiger charge is 2.12. The number of aryl methyl sites for hydroxylation is 1. The van der Waals surface area contributed by atoms with E-state index in [2.05, 4.69) is 40.6 Å². The molecule has 3 nitrogen and oxygen atoms in total. The van der Waals surface area contributed by atoms with E-state index >= 15 is 0 Å². The first kappa shape index (κ1) is 13.5. The van der Waals surface area contributed by atoms with Crippen LogP contribution in [0.1, 0.15) is 24.0 Å². The van der Waals surface area contributed by atoms with Gasteiger partial charge >= 0.3 is 0 Å². The maximum Gasteiger partial charge on any atom is 0.101 e. The smallest absolute Gasteiger partial charge is 0.101 e. The SMILES string of the molecule is Cc1cccc(C#N)c1Nc1ccc(N2CCCC2)cc1. The Labute approximate surface area is 125 Å². The molecule has 1 heterocycles. The van der Waals surface area contributed by atoms with E-state index in [4.69, 9.17) is 0 Å². The summed E-state index contributed by atoms with van der Waals surface area (Å²) in [6, 6.07) is 16.5. The predicted molar refractivity (Wildman–Crippen MR) is 87.1 cm³/mol. The third-order valence-electron chi connectivity index (χ3n) is 4.00. The lowest BCUT2D eigenvalue weighted by atomic mass is 10.1. The molecule has 1 aliphatic rings. The number of rotatable bonds is 3. The molecule has 0 atom stereocenters. The van der Waals surface area contributed by atoms with Crippen LogP contribution in [-0.2, 0) is 0 Å². The highest BCUT2D eigenvalue weighted by atomic mass is 15.1. The Bertz CT molecular complexity index is 662. The summed E-state index contributed by atoms with van der Waals surface area (Å²) in [5.74, 6) is 0. The van der Waals surface area contributed by atoms with Gasteiger partial charge in [0.25, 0.3) is 0 Å². The average Bonchev–Trinajstić information content (AvgIpc) is 3.04. The molecule has 0 spiro atoms. The largest absolute Gasteiger partial charge is 0.372 e. The second-order valence-corrected chi connectivity index (χ2v) is 5.48. The zero-order valence-electron chi connectivity index (χ0n) is 12.3. The highest BCUT2D eigenvalue weighted by Crippen LogP contribution is 2.27. The summed E-state index contributed by atoms with van der Waals surface area (Å²) in [5.41, 5.74) is 4.96. The van der Waals surface area contributed by atoms with Crippen LogP contribution >= 0.6 is 0 Å². The summed E-state index contributed by atoms with van der Waals surface area (Å²) in [6.07, 6.45) is 2.57. The molecular weight excluding hydrogens is 258 g/mol. The van der Waals surface area contributed by atoms with E-state index in [9.17, 15) is 5.26 Å². The zero-order chi connectivity index (χ0) is 14.7. The summed E-state index contributed by atoms with van der Waals surface area (Å²) in [5, 5.41) is 12.6. The van der Waals surface area contributed by atoms with Crippen LogP contribution in [0.25, 0.3) is 0 Å². The van der Waals surface area contributed by atoms with Gasteiger partial charge in [-0.25, -0.2) is 0 Å². The maximum absolute atomic E-state index is 9.21. The number of nitriles is 1. The fraction of sp³-hybridized carbons (Fsp3) is 0.278. The van der Waals surface area contributed by atoms with Crippen LogP contribution in [0.3, 0.4) is 0 Å². The normalized spacial score (nSPS) is 14.0. The molecule has 1 saturated heterocycles. The van der Waals surface area contributed by atoms with E-state index < -0.39 is 0 Å². The summed E-state index contributed by atoms with van der Waals surface area (Å²) < 4.78 is 0. The Hall–Kier alpha value is -2.47. The molecule has 1 N–H and O–H groups in total. The van der Waals surface area contributed by atoms with Crippen LogP contribution in [-0.4, -0.2) is 13.1 Å². The van der Waals surface area contributed by atoms with Crippen molar-refractivity contribution in [1.82, 2.24) is 0 Å². The first-order chi connectivity index (χ1) is 10.3. The van der Waals surface area contributed by atoms with E-state index in [1.54, 1.807) is 0 Å². The van der Waals surface area contributed by atoms with Crippen LogP contribution in [0.4, 0.5) is 17.1 Å². The van der Waals surface area contributed by atoms with Gasteiger partial charge in [-0.1, -0.05) is 12.1 Å². The number of hydrogen-bond donors (Lipinski definition) is 1. The molecule has 0 unspecified atom stereocenters. The molecule has 0 radical (unpaired) electrons. The maximum atomic E-state index is 9.21. The molecule has 1 aliphatic heterocycles. The Kier molecular flexibility index (Phi) is 3.79. The van der Waals surface area contributed by atoms with E-state index in [0.29, 0.717) is 5.56 Å². The Balaban J connectivity index is 1.81. The minimum Gasteiger partial charge on any atom is -0.372 e. The summed E-state index contributed by atoms with van der Waals surface area (Å²) >= 11 is 0. The minimum atomic E-state index is 0.679. The van der Waals surface area contributed by atoms with Crippen LogP contribution < -0.4 is 10.2 Å². The summed E-state index contributed by atoms with van der Waals surface area (Å²) in [7, 11) is 0. The molecule has 3 heteroatoms. The van der Waals surface area contributed by atoms with E-state index in [0.717, 1.165) is 30.0 Å². The second kappa shape index (κ2) is 5.88. The second-order valence-electron chi connectivity index (χ2n) is 5.48. The molecule has 0 amide bonds. The summed E-state index contributed by atoms with van der Waals surface area (Å²) in [6.45, 7) is 4.33. The number of para-hydroxylation sites is 1. The van der Waals surface area contributed by atoms with Gasteiger partial charge in [-0.15, -0.1) is 0 Å². The van der Waals surface area contributed by atoms with Crippen molar-refractivity contribution >= 4 is 17.1 Å². The van der Waals surface area contributed by atoms with Crippen LogP contribution in [0, 0.1) is 18.3 Å². The fourth-order valence-corrected chi connectivity index (χ4v) is 2.80. The van der Waals surface area contributed by atoms with Crippen molar-refractivity contribution < 1.29 is 0 Å². The van der Waals surface area contributed by atoms with Crippen molar-refractivity contribution in [3.8, 4) is 6.07 Å². The van der Waals surface area contributed by atoms with Gasteiger partial charge < -0.3 is 10.2 Å². The number of benzene rings is 2. The Morgan fingerprint density at radius 1 is 1.05 bits per heavy atom. The van der Waals surface area contributed by atoms with Crippen molar-refractivity contribution in [3.63, 3.8) is 0 Å². The third-order valence-corrected chi connectivity index (χ3v) is 4.00. The van der Waals surface area contributed by atoms with Gasteiger partial charge in [0.15, 0.2) is 0 Å². The van der Waals surface area contributed by atoms with Gasteiger partial charge in [0, 0.05) is 24.5 Å². The van der Waals surface area contributed by atoms with Crippen molar-refractivity contribution in [2.24, 2.45) is 0 Å². The Morgan fingerprint density at radius 3 is 2.43 bits per heavy atom. The number of nitrogens with one attached hydrogen (secondary N) is 1. The van der Waals surface area contributed by atoms with Gasteiger partial charge in [-0.05, 0) is 55.7 Å². The standard InChI is InChI=1S/C18H19N3/c1-14-5-4-6-15(13-19)18(14)20-16-7-9-17(10-8-16)21-11-2-3-12-21/h4-10,20H,2-3,11-12H2,1H3. The van der Waals surface area contributed by atoms with Gasteiger partial charge in [0.1, 0.15) is 6.07 Å². The van der Waals surface area contributed by atoms with Crippen molar-refractivity contribution in [2.45, 2.75) is 19.8 Å². The number of nitrogens with zero attached hydrogens (tertiary/aromatic N) is 2. The molecule has 21 heavy (non-hydrogen) atoms. The van der Waals surface area contributed by atoms with Gasteiger partial charge in [0.2, 0.25) is 0 Å². The molecule has 3 rings (SSSR count). The first-order valence-electron chi connectivity index (χ1n) is 7.40. The summed E-state index contributed by atoms with van der Waals surface area (Å²) in [4.78, 5) is 2.41. The lowest BCUT2D eigenvalue weighted by Gasteiger charge is -2.18. The van der Waals surface area contributed by atoms with Crippen molar-refractivity contribution in [1.29, 1.82) is 5.26 Å². The molecule has 2 aromatic carbocycles.